The highest BCUT2D eigenvalue weighted by Gasteiger charge is 2.21. The maximum atomic E-state index is 12.3. The third-order valence-corrected chi connectivity index (χ3v) is 2.53. The Bertz CT molecular complexity index is 405. The number of carbonyl (C=O) groups excluding carboxylic acids is 1. The van der Waals surface area contributed by atoms with Gasteiger partial charge in [0.15, 0.2) is 0 Å². The van der Waals surface area contributed by atoms with Crippen LogP contribution in [0.15, 0.2) is 18.3 Å². The first-order valence-corrected chi connectivity index (χ1v) is 5.94. The quantitative estimate of drug-likeness (QED) is 0.858. The molecule has 0 saturated heterocycles. The predicted molar refractivity (Wildman–Crippen MR) is 68.6 cm³/mol. The lowest BCUT2D eigenvalue weighted by Gasteiger charge is -2.27. The average Bonchev–Trinajstić information content (AvgIpc) is 2.34. The fraction of sp³-hybridized carbons (Fsp3) is 0.538. The van der Waals surface area contributed by atoms with Gasteiger partial charge < -0.3 is 14.7 Å². The van der Waals surface area contributed by atoms with Gasteiger partial charge in [0.2, 0.25) is 0 Å². The summed E-state index contributed by atoms with van der Waals surface area (Å²) in [5.41, 5.74) is 0.323. The molecule has 1 atom stereocenters. The number of ether oxygens (including phenoxy) is 1. The van der Waals surface area contributed by atoms with Crippen molar-refractivity contribution in [3.05, 3.63) is 24.0 Å². The van der Waals surface area contributed by atoms with E-state index in [-0.39, 0.29) is 18.5 Å². The lowest BCUT2D eigenvalue weighted by Crippen LogP contribution is -2.41. The Labute approximate surface area is 107 Å². The molecule has 0 fully saturated rings. The van der Waals surface area contributed by atoms with E-state index < -0.39 is 6.10 Å². The van der Waals surface area contributed by atoms with Gasteiger partial charge >= 0.3 is 0 Å². The second-order valence-corrected chi connectivity index (χ2v) is 4.48. The van der Waals surface area contributed by atoms with Crippen LogP contribution in [-0.4, -0.2) is 46.7 Å². The predicted octanol–water partition coefficient (Wildman–Crippen LogP) is 1.32. The van der Waals surface area contributed by atoms with E-state index >= 15 is 0 Å². The monoisotopic (exact) mass is 252 g/mol. The third kappa shape index (κ3) is 3.70. The van der Waals surface area contributed by atoms with E-state index in [2.05, 4.69) is 4.98 Å². The molecule has 1 amide bonds. The van der Waals surface area contributed by atoms with Gasteiger partial charge in [-0.25, -0.2) is 0 Å². The number of pyridine rings is 1. The SMILES string of the molecule is COc1ccnc(C(=O)N(CC(C)O)C(C)C)c1. The van der Waals surface area contributed by atoms with Gasteiger partial charge in [-0.3, -0.25) is 9.78 Å². The Hall–Kier alpha value is -1.62. The van der Waals surface area contributed by atoms with Gasteiger partial charge in [-0.15, -0.1) is 0 Å². The molecule has 1 unspecified atom stereocenters. The molecule has 0 aromatic carbocycles. The summed E-state index contributed by atoms with van der Waals surface area (Å²) < 4.78 is 5.07. The highest BCUT2D eigenvalue weighted by molar-refractivity contribution is 5.92. The number of hydrogen-bond acceptors (Lipinski definition) is 4. The summed E-state index contributed by atoms with van der Waals surface area (Å²) in [5, 5.41) is 9.43. The molecular weight excluding hydrogens is 232 g/mol. The van der Waals surface area contributed by atoms with Crippen LogP contribution >= 0.6 is 0 Å². The van der Waals surface area contributed by atoms with Gasteiger partial charge in [0, 0.05) is 24.8 Å². The largest absolute Gasteiger partial charge is 0.497 e. The number of aromatic nitrogens is 1. The zero-order valence-corrected chi connectivity index (χ0v) is 11.3. The lowest BCUT2D eigenvalue weighted by atomic mass is 10.2. The zero-order chi connectivity index (χ0) is 13.7. The molecule has 1 aromatic heterocycles. The van der Waals surface area contributed by atoms with Crippen LogP contribution in [-0.2, 0) is 0 Å². The van der Waals surface area contributed by atoms with Crippen molar-refractivity contribution in [3.8, 4) is 5.75 Å². The Morgan fingerprint density at radius 1 is 1.50 bits per heavy atom. The van der Waals surface area contributed by atoms with Crippen LogP contribution in [0.2, 0.25) is 0 Å². The molecule has 1 rings (SSSR count). The standard InChI is InChI=1S/C13H20N2O3/c1-9(2)15(8-10(3)16)13(17)12-7-11(18-4)5-6-14-12/h5-7,9-10,16H,8H2,1-4H3. The molecular formula is C13H20N2O3. The van der Waals surface area contributed by atoms with Gasteiger partial charge in [0.05, 0.1) is 13.2 Å². The summed E-state index contributed by atoms with van der Waals surface area (Å²) in [7, 11) is 1.54. The minimum Gasteiger partial charge on any atom is -0.497 e. The highest BCUT2D eigenvalue weighted by Crippen LogP contribution is 2.13. The highest BCUT2D eigenvalue weighted by atomic mass is 16.5. The Morgan fingerprint density at radius 2 is 2.17 bits per heavy atom. The van der Waals surface area contributed by atoms with Crippen LogP contribution in [0, 0.1) is 0 Å². The Balaban J connectivity index is 2.94. The van der Waals surface area contributed by atoms with Gasteiger partial charge in [-0.2, -0.15) is 0 Å². The van der Waals surface area contributed by atoms with Crippen molar-refractivity contribution in [1.82, 2.24) is 9.88 Å². The van der Waals surface area contributed by atoms with E-state index in [0.717, 1.165) is 0 Å². The van der Waals surface area contributed by atoms with Crippen molar-refractivity contribution in [2.75, 3.05) is 13.7 Å². The number of nitrogens with zero attached hydrogens (tertiary/aromatic N) is 2. The summed E-state index contributed by atoms with van der Waals surface area (Å²) >= 11 is 0. The number of methoxy groups -OCH3 is 1. The topological polar surface area (TPSA) is 62.7 Å². The molecule has 1 heterocycles. The normalized spacial score (nSPS) is 12.3. The van der Waals surface area contributed by atoms with Crippen LogP contribution in [0.5, 0.6) is 5.75 Å². The molecule has 1 aromatic rings. The Kier molecular flexibility index (Phi) is 5.09. The van der Waals surface area contributed by atoms with E-state index in [1.54, 1.807) is 31.1 Å². The lowest BCUT2D eigenvalue weighted by molar-refractivity contribution is 0.0573. The first kappa shape index (κ1) is 14.4. The van der Waals surface area contributed by atoms with Crippen LogP contribution in [0.4, 0.5) is 0 Å². The summed E-state index contributed by atoms with van der Waals surface area (Å²) in [6.07, 6.45) is 0.967. The number of hydrogen-bond donors (Lipinski definition) is 1. The van der Waals surface area contributed by atoms with E-state index in [4.69, 9.17) is 4.74 Å². The van der Waals surface area contributed by atoms with Gasteiger partial charge in [0.1, 0.15) is 11.4 Å². The number of aliphatic hydroxyl groups is 1. The number of rotatable bonds is 5. The molecule has 5 heteroatoms. The molecule has 5 nitrogen and oxygen atoms in total. The second kappa shape index (κ2) is 6.35. The number of amides is 1. The summed E-state index contributed by atoms with van der Waals surface area (Å²) in [6.45, 7) is 5.75. The fourth-order valence-electron chi connectivity index (χ4n) is 1.62. The van der Waals surface area contributed by atoms with Crippen molar-refractivity contribution in [2.45, 2.75) is 32.9 Å². The van der Waals surface area contributed by atoms with Gasteiger partial charge in [-0.05, 0) is 26.8 Å². The number of carbonyl (C=O) groups is 1. The molecule has 1 N–H and O–H groups in total. The second-order valence-electron chi connectivity index (χ2n) is 4.48. The van der Waals surface area contributed by atoms with Crippen molar-refractivity contribution < 1.29 is 14.6 Å². The molecule has 0 aliphatic carbocycles. The van der Waals surface area contributed by atoms with Crippen LogP contribution in [0.3, 0.4) is 0 Å². The molecule has 18 heavy (non-hydrogen) atoms. The third-order valence-electron chi connectivity index (χ3n) is 2.53. The fourth-order valence-corrected chi connectivity index (χ4v) is 1.62. The number of aliphatic hydroxyl groups excluding tert-OH is 1. The van der Waals surface area contributed by atoms with E-state index in [1.807, 2.05) is 13.8 Å². The molecule has 0 bridgehead atoms. The average molecular weight is 252 g/mol. The van der Waals surface area contributed by atoms with Crippen molar-refractivity contribution in [2.24, 2.45) is 0 Å². The summed E-state index contributed by atoms with van der Waals surface area (Å²) in [4.78, 5) is 17.9. The van der Waals surface area contributed by atoms with Gasteiger partial charge in [-0.1, -0.05) is 0 Å². The molecule has 0 radical (unpaired) electrons. The van der Waals surface area contributed by atoms with E-state index in [9.17, 15) is 9.90 Å². The molecule has 0 saturated carbocycles. The maximum Gasteiger partial charge on any atom is 0.272 e. The minimum atomic E-state index is -0.568. The van der Waals surface area contributed by atoms with Crippen molar-refractivity contribution in [3.63, 3.8) is 0 Å². The van der Waals surface area contributed by atoms with Crippen LogP contribution < -0.4 is 4.74 Å². The minimum absolute atomic E-state index is 0.0000935. The van der Waals surface area contributed by atoms with Crippen LogP contribution in [0.1, 0.15) is 31.3 Å². The molecule has 0 aliphatic heterocycles. The first-order valence-electron chi connectivity index (χ1n) is 5.94. The van der Waals surface area contributed by atoms with Crippen molar-refractivity contribution in [1.29, 1.82) is 0 Å². The van der Waals surface area contributed by atoms with Crippen LogP contribution in [0.25, 0.3) is 0 Å². The van der Waals surface area contributed by atoms with Crippen molar-refractivity contribution >= 4 is 5.91 Å². The summed E-state index contributed by atoms with van der Waals surface area (Å²) in [6, 6.07) is 3.28. The zero-order valence-electron chi connectivity index (χ0n) is 11.3. The van der Waals surface area contributed by atoms with E-state index in [1.165, 1.54) is 6.20 Å². The smallest absolute Gasteiger partial charge is 0.272 e. The summed E-state index contributed by atoms with van der Waals surface area (Å²) in [5.74, 6) is 0.388. The van der Waals surface area contributed by atoms with E-state index in [0.29, 0.717) is 11.4 Å². The Morgan fingerprint density at radius 3 is 2.67 bits per heavy atom. The molecule has 0 spiro atoms. The molecule has 100 valence electrons. The van der Waals surface area contributed by atoms with Gasteiger partial charge in [0.25, 0.3) is 5.91 Å². The molecule has 0 aliphatic rings. The maximum absolute atomic E-state index is 12.3. The first-order chi connectivity index (χ1) is 8.45.